The number of nitrogens with zero attached hydrogens (tertiary/aromatic N) is 2. The maximum Gasteiger partial charge on any atom is 0.263 e. The maximum absolute atomic E-state index is 14.1. The molecular formula is C23H20Cl2FN3O3S. The van der Waals surface area contributed by atoms with Gasteiger partial charge in [0, 0.05) is 31.2 Å². The van der Waals surface area contributed by atoms with Gasteiger partial charge in [-0.25, -0.2) is 12.8 Å². The number of para-hydroxylation sites is 2. The lowest BCUT2D eigenvalue weighted by atomic mass is 10.1. The minimum absolute atomic E-state index is 0.0139. The number of benzene rings is 3. The molecule has 0 atom stereocenters. The molecule has 6 nitrogen and oxygen atoms in total. The molecule has 10 heteroatoms. The molecule has 0 aliphatic carbocycles. The van der Waals surface area contributed by atoms with Crippen LogP contribution in [0, 0.1) is 5.82 Å². The topological polar surface area (TPSA) is 69.7 Å². The first-order valence-electron chi connectivity index (χ1n) is 10.1. The van der Waals surface area contributed by atoms with Crippen LogP contribution in [-0.2, 0) is 10.0 Å². The Labute approximate surface area is 201 Å². The minimum atomic E-state index is -4.09. The van der Waals surface area contributed by atoms with Gasteiger partial charge in [0.05, 0.1) is 22.0 Å². The highest BCUT2D eigenvalue weighted by Crippen LogP contribution is 2.29. The molecule has 1 fully saturated rings. The molecule has 1 aliphatic heterocycles. The van der Waals surface area contributed by atoms with E-state index in [1.807, 2.05) is 4.90 Å². The second kappa shape index (κ2) is 9.59. The highest BCUT2D eigenvalue weighted by atomic mass is 35.5. The molecule has 33 heavy (non-hydrogen) atoms. The van der Waals surface area contributed by atoms with E-state index in [-0.39, 0.29) is 37.9 Å². The van der Waals surface area contributed by atoms with Crippen LogP contribution < -0.4 is 9.62 Å². The molecule has 1 saturated heterocycles. The van der Waals surface area contributed by atoms with Crippen LogP contribution >= 0.6 is 23.2 Å². The van der Waals surface area contributed by atoms with E-state index in [0.29, 0.717) is 31.9 Å². The summed E-state index contributed by atoms with van der Waals surface area (Å²) in [5.74, 6) is -0.629. The average molecular weight is 508 g/mol. The lowest BCUT2D eigenvalue weighted by Gasteiger charge is -2.36. The summed E-state index contributed by atoms with van der Waals surface area (Å²) in [7, 11) is -4.09. The van der Waals surface area contributed by atoms with E-state index in [9.17, 15) is 17.6 Å². The van der Waals surface area contributed by atoms with E-state index in [1.54, 1.807) is 41.3 Å². The van der Waals surface area contributed by atoms with Crippen LogP contribution in [0.25, 0.3) is 0 Å². The van der Waals surface area contributed by atoms with E-state index in [0.717, 1.165) is 0 Å². The van der Waals surface area contributed by atoms with Crippen molar-refractivity contribution in [2.24, 2.45) is 0 Å². The van der Waals surface area contributed by atoms with E-state index < -0.39 is 10.0 Å². The van der Waals surface area contributed by atoms with Gasteiger partial charge in [0.15, 0.2) is 0 Å². The van der Waals surface area contributed by atoms with Gasteiger partial charge >= 0.3 is 0 Å². The van der Waals surface area contributed by atoms with Crippen molar-refractivity contribution < 1.29 is 17.6 Å². The summed E-state index contributed by atoms with van der Waals surface area (Å²) < 4.78 is 42.4. The van der Waals surface area contributed by atoms with Gasteiger partial charge < -0.3 is 9.80 Å². The minimum Gasteiger partial charge on any atom is -0.366 e. The zero-order chi connectivity index (χ0) is 23.6. The Morgan fingerprint density at radius 3 is 2.30 bits per heavy atom. The molecule has 0 saturated carbocycles. The highest BCUT2D eigenvalue weighted by Gasteiger charge is 2.27. The highest BCUT2D eigenvalue weighted by molar-refractivity contribution is 7.92. The molecule has 1 aliphatic rings. The van der Waals surface area contributed by atoms with Crippen LogP contribution in [0.4, 0.5) is 15.8 Å². The number of hydrogen-bond acceptors (Lipinski definition) is 4. The number of carbonyl (C=O) groups is 1. The van der Waals surface area contributed by atoms with Crippen molar-refractivity contribution in [1.29, 1.82) is 0 Å². The normalized spacial score (nSPS) is 14.3. The van der Waals surface area contributed by atoms with Gasteiger partial charge in [0.1, 0.15) is 10.7 Å². The first-order chi connectivity index (χ1) is 15.8. The van der Waals surface area contributed by atoms with Gasteiger partial charge in [-0.1, -0.05) is 47.5 Å². The number of amides is 1. The number of nitrogens with one attached hydrogen (secondary N) is 1. The van der Waals surface area contributed by atoms with Crippen LogP contribution in [0.1, 0.15) is 10.4 Å². The molecule has 0 unspecified atom stereocenters. The Morgan fingerprint density at radius 1 is 0.909 bits per heavy atom. The van der Waals surface area contributed by atoms with Crippen LogP contribution in [0.2, 0.25) is 10.0 Å². The first-order valence-corrected chi connectivity index (χ1v) is 12.4. The molecule has 0 radical (unpaired) electrons. The second-order valence-electron chi connectivity index (χ2n) is 7.46. The van der Waals surface area contributed by atoms with Crippen molar-refractivity contribution in [3.8, 4) is 0 Å². The summed E-state index contributed by atoms with van der Waals surface area (Å²) in [6.45, 7) is 1.65. The van der Waals surface area contributed by atoms with Crippen LogP contribution in [0.15, 0.2) is 71.6 Å². The van der Waals surface area contributed by atoms with Gasteiger partial charge in [0.2, 0.25) is 0 Å². The Hall–Kier alpha value is -2.81. The van der Waals surface area contributed by atoms with E-state index in [1.165, 1.54) is 30.3 Å². The molecule has 3 aromatic rings. The molecule has 1 heterocycles. The quantitative estimate of drug-likeness (QED) is 0.533. The van der Waals surface area contributed by atoms with E-state index >= 15 is 0 Å². The van der Waals surface area contributed by atoms with Crippen molar-refractivity contribution in [2.45, 2.75) is 4.90 Å². The monoisotopic (exact) mass is 507 g/mol. The molecule has 172 valence electrons. The molecule has 1 N–H and O–H groups in total. The van der Waals surface area contributed by atoms with Crippen LogP contribution in [-0.4, -0.2) is 45.4 Å². The van der Waals surface area contributed by atoms with Crippen molar-refractivity contribution in [1.82, 2.24) is 4.90 Å². The lowest BCUT2D eigenvalue weighted by Crippen LogP contribution is -2.49. The number of hydrogen-bond donors (Lipinski definition) is 1. The third kappa shape index (κ3) is 5.08. The Bertz CT molecular complexity index is 1300. The number of carbonyl (C=O) groups excluding carboxylic acids is 1. The molecule has 3 aromatic carbocycles. The number of anilines is 2. The zero-order valence-electron chi connectivity index (χ0n) is 17.3. The van der Waals surface area contributed by atoms with Gasteiger partial charge in [-0.15, -0.1) is 0 Å². The molecule has 4 rings (SSSR count). The molecular weight excluding hydrogens is 488 g/mol. The Kier molecular flexibility index (Phi) is 6.78. The number of rotatable bonds is 5. The fourth-order valence-electron chi connectivity index (χ4n) is 3.67. The summed E-state index contributed by atoms with van der Waals surface area (Å²) >= 11 is 12.0. The molecule has 1 amide bonds. The van der Waals surface area contributed by atoms with Crippen molar-refractivity contribution >= 4 is 50.5 Å². The van der Waals surface area contributed by atoms with Gasteiger partial charge in [-0.3, -0.25) is 9.52 Å². The number of halogens is 3. The van der Waals surface area contributed by atoms with Crippen molar-refractivity contribution in [3.63, 3.8) is 0 Å². The van der Waals surface area contributed by atoms with Crippen LogP contribution in [0.3, 0.4) is 0 Å². The SMILES string of the molecule is O=C(c1ccccc1NS(=O)(=O)c1cc(Cl)ccc1Cl)N1CCN(c2ccccc2F)CC1. The summed E-state index contributed by atoms with van der Waals surface area (Å²) in [5.41, 5.74) is 0.838. The summed E-state index contributed by atoms with van der Waals surface area (Å²) in [5, 5.41) is 0.233. The predicted molar refractivity (Wildman–Crippen MR) is 128 cm³/mol. The standard InChI is InChI=1S/C23H20Cl2FN3O3S/c24-16-9-10-18(25)22(15-16)33(31,32)27-20-7-3-1-5-17(20)23(30)29-13-11-28(12-14-29)21-8-4-2-6-19(21)26/h1-10,15,27H,11-14H2. The first kappa shape index (κ1) is 23.4. The average Bonchev–Trinajstić information content (AvgIpc) is 2.81. The largest absolute Gasteiger partial charge is 0.366 e. The van der Waals surface area contributed by atoms with Gasteiger partial charge in [-0.05, 0) is 42.5 Å². The summed E-state index contributed by atoms with van der Waals surface area (Å²) in [6.07, 6.45) is 0. The Morgan fingerprint density at radius 2 is 1.58 bits per heavy atom. The Balaban J connectivity index is 1.52. The number of piperazine rings is 1. The third-order valence-electron chi connectivity index (χ3n) is 5.34. The fourth-order valence-corrected chi connectivity index (χ4v) is 5.51. The fraction of sp³-hybridized carbons (Fsp3) is 0.174. The number of sulfonamides is 1. The zero-order valence-corrected chi connectivity index (χ0v) is 19.7. The molecule has 0 bridgehead atoms. The molecule has 0 spiro atoms. The maximum atomic E-state index is 14.1. The van der Waals surface area contributed by atoms with Crippen molar-refractivity contribution in [3.05, 3.63) is 88.2 Å². The van der Waals surface area contributed by atoms with Crippen LogP contribution in [0.5, 0.6) is 0 Å². The van der Waals surface area contributed by atoms with E-state index in [2.05, 4.69) is 4.72 Å². The third-order valence-corrected chi connectivity index (χ3v) is 7.43. The second-order valence-corrected chi connectivity index (χ2v) is 9.95. The predicted octanol–water partition coefficient (Wildman–Crippen LogP) is 4.90. The smallest absolute Gasteiger partial charge is 0.263 e. The molecule has 0 aromatic heterocycles. The van der Waals surface area contributed by atoms with Gasteiger partial charge in [-0.2, -0.15) is 0 Å². The summed E-state index contributed by atoms with van der Waals surface area (Å²) in [6, 6.07) is 17.0. The van der Waals surface area contributed by atoms with Gasteiger partial charge in [0.25, 0.3) is 15.9 Å². The summed E-state index contributed by atoms with van der Waals surface area (Å²) in [4.78, 5) is 16.5. The van der Waals surface area contributed by atoms with Crippen molar-refractivity contribution in [2.75, 3.05) is 35.8 Å². The van der Waals surface area contributed by atoms with E-state index in [4.69, 9.17) is 23.2 Å². The lowest BCUT2D eigenvalue weighted by molar-refractivity contribution is 0.0747.